The standard InChI is InChI=1S/C16H17NO2/c1-18-12-6-4-7-13(10-12)19-15-9-11-5-2-3-8-14(11)16(15)17/h2-8,10,15-16H,9,17H2,1H3. The van der Waals surface area contributed by atoms with Crippen LogP contribution >= 0.6 is 0 Å². The van der Waals surface area contributed by atoms with Gasteiger partial charge in [0.25, 0.3) is 0 Å². The monoisotopic (exact) mass is 255 g/mol. The molecule has 2 unspecified atom stereocenters. The molecule has 0 spiro atoms. The Bertz CT molecular complexity index is 582. The van der Waals surface area contributed by atoms with Crippen LogP contribution in [-0.2, 0) is 6.42 Å². The molecular weight excluding hydrogens is 238 g/mol. The average Bonchev–Trinajstić information content (AvgIpc) is 2.76. The predicted molar refractivity (Wildman–Crippen MR) is 74.5 cm³/mol. The third-order valence-corrected chi connectivity index (χ3v) is 3.56. The lowest BCUT2D eigenvalue weighted by Crippen LogP contribution is -2.27. The fourth-order valence-corrected chi connectivity index (χ4v) is 2.55. The molecule has 2 aromatic carbocycles. The van der Waals surface area contributed by atoms with Gasteiger partial charge < -0.3 is 15.2 Å². The van der Waals surface area contributed by atoms with Gasteiger partial charge in [-0.15, -0.1) is 0 Å². The molecule has 0 radical (unpaired) electrons. The number of fused-ring (bicyclic) bond motifs is 1. The van der Waals surface area contributed by atoms with Crippen LogP contribution in [0.4, 0.5) is 0 Å². The van der Waals surface area contributed by atoms with Crippen molar-refractivity contribution in [2.45, 2.75) is 18.6 Å². The molecule has 0 heterocycles. The van der Waals surface area contributed by atoms with Gasteiger partial charge in [-0.1, -0.05) is 30.3 Å². The Kier molecular flexibility index (Phi) is 3.13. The third kappa shape index (κ3) is 2.29. The number of benzene rings is 2. The molecule has 0 saturated heterocycles. The minimum atomic E-state index is -0.0672. The van der Waals surface area contributed by atoms with Crippen molar-refractivity contribution in [1.82, 2.24) is 0 Å². The van der Waals surface area contributed by atoms with Crippen LogP contribution in [0, 0.1) is 0 Å². The Hall–Kier alpha value is -2.00. The van der Waals surface area contributed by atoms with Gasteiger partial charge in [-0.25, -0.2) is 0 Å². The molecule has 3 nitrogen and oxygen atoms in total. The topological polar surface area (TPSA) is 44.5 Å². The molecule has 3 rings (SSSR count). The number of methoxy groups -OCH3 is 1. The largest absolute Gasteiger partial charge is 0.497 e. The first-order valence-electron chi connectivity index (χ1n) is 6.42. The Morgan fingerprint density at radius 1 is 1.05 bits per heavy atom. The Labute approximate surface area is 113 Å². The van der Waals surface area contributed by atoms with Crippen LogP contribution in [0.25, 0.3) is 0 Å². The van der Waals surface area contributed by atoms with E-state index in [1.165, 1.54) is 11.1 Å². The smallest absolute Gasteiger partial charge is 0.123 e. The number of hydrogen-bond acceptors (Lipinski definition) is 3. The molecule has 2 atom stereocenters. The van der Waals surface area contributed by atoms with Crippen LogP contribution in [-0.4, -0.2) is 13.2 Å². The van der Waals surface area contributed by atoms with Gasteiger partial charge in [0.15, 0.2) is 0 Å². The van der Waals surface area contributed by atoms with E-state index in [9.17, 15) is 0 Å². The van der Waals surface area contributed by atoms with Crippen LogP contribution < -0.4 is 15.2 Å². The van der Waals surface area contributed by atoms with Crippen LogP contribution in [0.15, 0.2) is 48.5 Å². The Morgan fingerprint density at radius 2 is 1.84 bits per heavy atom. The lowest BCUT2D eigenvalue weighted by Gasteiger charge is -2.18. The summed E-state index contributed by atoms with van der Waals surface area (Å²) in [5.41, 5.74) is 8.72. The minimum absolute atomic E-state index is 0.00972. The zero-order chi connectivity index (χ0) is 13.2. The van der Waals surface area contributed by atoms with Crippen LogP contribution in [0.5, 0.6) is 11.5 Å². The van der Waals surface area contributed by atoms with Gasteiger partial charge in [-0.3, -0.25) is 0 Å². The molecular formula is C16H17NO2. The quantitative estimate of drug-likeness (QED) is 0.917. The number of nitrogens with two attached hydrogens (primary N) is 1. The van der Waals surface area contributed by atoms with E-state index in [1.807, 2.05) is 36.4 Å². The van der Waals surface area contributed by atoms with Gasteiger partial charge in [0, 0.05) is 12.5 Å². The first-order valence-corrected chi connectivity index (χ1v) is 6.42. The highest BCUT2D eigenvalue weighted by Gasteiger charge is 2.30. The first kappa shape index (κ1) is 12.1. The van der Waals surface area contributed by atoms with Crippen molar-refractivity contribution in [2.24, 2.45) is 5.73 Å². The van der Waals surface area contributed by atoms with Crippen molar-refractivity contribution >= 4 is 0 Å². The van der Waals surface area contributed by atoms with Crippen LogP contribution in [0.1, 0.15) is 17.2 Å². The molecule has 0 fully saturated rings. The van der Waals surface area contributed by atoms with E-state index in [4.69, 9.17) is 15.2 Å². The predicted octanol–water partition coefficient (Wildman–Crippen LogP) is 2.70. The van der Waals surface area contributed by atoms with Gasteiger partial charge in [0.05, 0.1) is 13.2 Å². The SMILES string of the molecule is COc1cccc(OC2Cc3ccccc3C2N)c1. The molecule has 1 aliphatic rings. The summed E-state index contributed by atoms with van der Waals surface area (Å²) in [5.74, 6) is 1.59. The maximum atomic E-state index is 6.25. The summed E-state index contributed by atoms with van der Waals surface area (Å²) < 4.78 is 11.2. The molecule has 3 heteroatoms. The average molecular weight is 255 g/mol. The normalized spacial score (nSPS) is 20.9. The Morgan fingerprint density at radius 3 is 2.63 bits per heavy atom. The summed E-state index contributed by atoms with van der Waals surface area (Å²) in [4.78, 5) is 0. The second-order valence-electron chi connectivity index (χ2n) is 4.76. The highest BCUT2D eigenvalue weighted by Crippen LogP contribution is 2.32. The van der Waals surface area contributed by atoms with E-state index in [0.29, 0.717) is 0 Å². The van der Waals surface area contributed by atoms with Crippen LogP contribution in [0.2, 0.25) is 0 Å². The van der Waals surface area contributed by atoms with Crippen molar-refractivity contribution in [3.63, 3.8) is 0 Å². The summed E-state index contributed by atoms with van der Waals surface area (Å²) in [5, 5.41) is 0. The zero-order valence-corrected chi connectivity index (χ0v) is 10.9. The molecule has 2 N–H and O–H groups in total. The second kappa shape index (κ2) is 4.94. The summed E-state index contributed by atoms with van der Waals surface area (Å²) in [6.45, 7) is 0. The van der Waals surface area contributed by atoms with E-state index < -0.39 is 0 Å². The summed E-state index contributed by atoms with van der Waals surface area (Å²) >= 11 is 0. The molecule has 1 aliphatic carbocycles. The van der Waals surface area contributed by atoms with E-state index in [1.54, 1.807) is 7.11 Å². The maximum Gasteiger partial charge on any atom is 0.123 e. The fraction of sp³-hybridized carbons (Fsp3) is 0.250. The van der Waals surface area contributed by atoms with Gasteiger partial charge in [-0.2, -0.15) is 0 Å². The van der Waals surface area contributed by atoms with Gasteiger partial charge in [0.2, 0.25) is 0 Å². The molecule has 0 amide bonds. The number of ether oxygens (including phenoxy) is 2. The van der Waals surface area contributed by atoms with E-state index in [-0.39, 0.29) is 12.1 Å². The molecule has 0 saturated carbocycles. The molecule has 98 valence electrons. The summed E-state index contributed by atoms with van der Waals surface area (Å²) in [6, 6.07) is 15.8. The Balaban J connectivity index is 1.79. The summed E-state index contributed by atoms with van der Waals surface area (Å²) in [7, 11) is 1.65. The van der Waals surface area contributed by atoms with Crippen molar-refractivity contribution in [3.05, 3.63) is 59.7 Å². The van der Waals surface area contributed by atoms with Crippen molar-refractivity contribution in [2.75, 3.05) is 7.11 Å². The highest BCUT2D eigenvalue weighted by atomic mass is 16.5. The molecule has 0 bridgehead atoms. The molecule has 0 aliphatic heterocycles. The lowest BCUT2D eigenvalue weighted by molar-refractivity contribution is 0.184. The van der Waals surface area contributed by atoms with Crippen molar-refractivity contribution in [1.29, 1.82) is 0 Å². The number of hydrogen-bond donors (Lipinski definition) is 1. The van der Waals surface area contributed by atoms with Crippen molar-refractivity contribution < 1.29 is 9.47 Å². The van der Waals surface area contributed by atoms with Crippen molar-refractivity contribution in [3.8, 4) is 11.5 Å². The minimum Gasteiger partial charge on any atom is -0.497 e. The van der Waals surface area contributed by atoms with Gasteiger partial charge in [0.1, 0.15) is 17.6 Å². The second-order valence-corrected chi connectivity index (χ2v) is 4.76. The maximum absolute atomic E-state index is 6.25. The number of rotatable bonds is 3. The van der Waals surface area contributed by atoms with E-state index >= 15 is 0 Å². The van der Waals surface area contributed by atoms with E-state index in [2.05, 4.69) is 12.1 Å². The van der Waals surface area contributed by atoms with Gasteiger partial charge >= 0.3 is 0 Å². The van der Waals surface area contributed by atoms with Crippen LogP contribution in [0.3, 0.4) is 0 Å². The summed E-state index contributed by atoms with van der Waals surface area (Å²) in [6.07, 6.45) is 0.846. The lowest BCUT2D eigenvalue weighted by atomic mass is 10.1. The van der Waals surface area contributed by atoms with E-state index in [0.717, 1.165) is 17.9 Å². The van der Waals surface area contributed by atoms with Gasteiger partial charge in [-0.05, 0) is 23.3 Å². The molecule has 2 aromatic rings. The fourth-order valence-electron chi connectivity index (χ4n) is 2.55. The first-order chi connectivity index (χ1) is 9.28. The molecule has 0 aromatic heterocycles. The molecule has 19 heavy (non-hydrogen) atoms. The highest BCUT2D eigenvalue weighted by molar-refractivity contribution is 5.38. The zero-order valence-electron chi connectivity index (χ0n) is 10.9. The third-order valence-electron chi connectivity index (χ3n) is 3.56.